The van der Waals surface area contributed by atoms with Gasteiger partial charge in [0, 0.05) is 12.2 Å². The van der Waals surface area contributed by atoms with Crippen molar-refractivity contribution >= 4 is 23.6 Å². The molecule has 2 N–H and O–H groups in total. The molecule has 4 nitrogen and oxygen atoms in total. The number of carboxylic acid groups (broad SMARTS) is 1. The standard InChI is InChI=1S/C10H19NO3S/c1-4-6-10(2,9(13)14)11-8(12)5-7-15-3/h4-7H2,1-3H3,(H,11,12)(H,13,14). The summed E-state index contributed by atoms with van der Waals surface area (Å²) in [6.07, 6.45) is 3.46. The quantitative estimate of drug-likeness (QED) is 0.699. The normalized spacial score (nSPS) is 14.3. The van der Waals surface area contributed by atoms with Gasteiger partial charge in [0.15, 0.2) is 0 Å². The highest BCUT2D eigenvalue weighted by Crippen LogP contribution is 2.13. The molecule has 88 valence electrons. The van der Waals surface area contributed by atoms with Gasteiger partial charge >= 0.3 is 5.97 Å². The van der Waals surface area contributed by atoms with Crippen LogP contribution in [0.1, 0.15) is 33.1 Å². The molecule has 1 atom stereocenters. The molecule has 0 aromatic carbocycles. The van der Waals surface area contributed by atoms with E-state index in [2.05, 4.69) is 5.32 Å². The highest BCUT2D eigenvalue weighted by atomic mass is 32.2. The predicted molar refractivity (Wildman–Crippen MR) is 62.1 cm³/mol. The van der Waals surface area contributed by atoms with Crippen molar-refractivity contribution < 1.29 is 14.7 Å². The van der Waals surface area contributed by atoms with Gasteiger partial charge in [-0.2, -0.15) is 11.8 Å². The Balaban J connectivity index is 4.28. The first-order chi connectivity index (χ1) is 6.96. The first-order valence-corrected chi connectivity index (χ1v) is 6.39. The van der Waals surface area contributed by atoms with Crippen molar-refractivity contribution in [2.24, 2.45) is 0 Å². The minimum absolute atomic E-state index is 0.192. The summed E-state index contributed by atoms with van der Waals surface area (Å²) in [5, 5.41) is 11.6. The van der Waals surface area contributed by atoms with E-state index in [-0.39, 0.29) is 5.91 Å². The van der Waals surface area contributed by atoms with Crippen LogP contribution in [0.4, 0.5) is 0 Å². The number of carboxylic acids is 1. The molecule has 0 aliphatic carbocycles. The lowest BCUT2D eigenvalue weighted by molar-refractivity contribution is -0.147. The lowest BCUT2D eigenvalue weighted by Gasteiger charge is -2.25. The molecule has 1 unspecified atom stereocenters. The van der Waals surface area contributed by atoms with Crippen molar-refractivity contribution in [3.05, 3.63) is 0 Å². The van der Waals surface area contributed by atoms with Gasteiger partial charge in [0.2, 0.25) is 5.91 Å². The molecular formula is C10H19NO3S. The van der Waals surface area contributed by atoms with Crippen LogP contribution >= 0.6 is 11.8 Å². The minimum Gasteiger partial charge on any atom is -0.480 e. The van der Waals surface area contributed by atoms with Gasteiger partial charge in [0.25, 0.3) is 0 Å². The van der Waals surface area contributed by atoms with Crippen LogP contribution in [0, 0.1) is 0 Å². The molecule has 15 heavy (non-hydrogen) atoms. The van der Waals surface area contributed by atoms with Crippen molar-refractivity contribution in [3.8, 4) is 0 Å². The molecule has 1 amide bonds. The molecule has 0 saturated heterocycles. The number of aliphatic carboxylic acids is 1. The minimum atomic E-state index is -1.12. The summed E-state index contributed by atoms with van der Waals surface area (Å²) in [4.78, 5) is 22.4. The number of hydrogen-bond acceptors (Lipinski definition) is 3. The van der Waals surface area contributed by atoms with Crippen molar-refractivity contribution in [2.75, 3.05) is 12.0 Å². The number of thioether (sulfide) groups is 1. The summed E-state index contributed by atoms with van der Waals surface area (Å²) < 4.78 is 0. The molecule has 0 spiro atoms. The van der Waals surface area contributed by atoms with Gasteiger partial charge in [-0.15, -0.1) is 0 Å². The number of hydrogen-bond donors (Lipinski definition) is 2. The Bertz CT molecular complexity index is 233. The Kier molecular flexibility index (Phi) is 6.40. The lowest BCUT2D eigenvalue weighted by atomic mass is 9.96. The molecule has 0 aliphatic heterocycles. The predicted octanol–water partition coefficient (Wildman–Crippen LogP) is 1.50. The molecule has 0 rings (SSSR count). The highest BCUT2D eigenvalue weighted by molar-refractivity contribution is 7.98. The second-order valence-electron chi connectivity index (χ2n) is 3.68. The summed E-state index contributed by atoms with van der Waals surface area (Å²) in [5.74, 6) is -0.447. The molecule has 0 radical (unpaired) electrons. The Labute approximate surface area is 94.8 Å². The van der Waals surface area contributed by atoms with Crippen molar-refractivity contribution in [3.63, 3.8) is 0 Å². The molecule has 0 aromatic rings. The van der Waals surface area contributed by atoms with E-state index in [1.807, 2.05) is 13.2 Å². The summed E-state index contributed by atoms with van der Waals surface area (Å²) in [7, 11) is 0. The summed E-state index contributed by atoms with van der Waals surface area (Å²) in [6.45, 7) is 3.45. The van der Waals surface area contributed by atoms with Gasteiger partial charge in [-0.1, -0.05) is 13.3 Å². The van der Waals surface area contributed by atoms with Crippen molar-refractivity contribution in [2.45, 2.75) is 38.6 Å². The van der Waals surface area contributed by atoms with Gasteiger partial charge in [-0.05, 0) is 19.6 Å². The van der Waals surface area contributed by atoms with Crippen LogP contribution in [0.2, 0.25) is 0 Å². The first-order valence-electron chi connectivity index (χ1n) is 4.99. The van der Waals surface area contributed by atoms with Crippen LogP contribution in [0.15, 0.2) is 0 Å². The van der Waals surface area contributed by atoms with Crippen LogP contribution in [0.3, 0.4) is 0 Å². The fourth-order valence-corrected chi connectivity index (χ4v) is 1.68. The zero-order valence-electron chi connectivity index (χ0n) is 9.50. The van der Waals surface area contributed by atoms with E-state index in [0.717, 1.165) is 6.42 Å². The average molecular weight is 233 g/mol. The fraction of sp³-hybridized carbons (Fsp3) is 0.800. The third-order valence-corrected chi connectivity index (χ3v) is 2.78. The lowest BCUT2D eigenvalue weighted by Crippen LogP contribution is -2.52. The maximum atomic E-state index is 11.4. The molecule has 0 heterocycles. The van der Waals surface area contributed by atoms with Gasteiger partial charge in [0.1, 0.15) is 5.54 Å². The second kappa shape index (κ2) is 6.71. The van der Waals surface area contributed by atoms with E-state index in [0.29, 0.717) is 18.6 Å². The van der Waals surface area contributed by atoms with Crippen LogP contribution in [0.5, 0.6) is 0 Å². The molecular weight excluding hydrogens is 214 g/mol. The summed E-state index contributed by atoms with van der Waals surface area (Å²) in [5.41, 5.74) is -1.12. The summed E-state index contributed by atoms with van der Waals surface area (Å²) >= 11 is 1.57. The number of carbonyl (C=O) groups excluding carboxylic acids is 1. The Hall–Kier alpha value is -0.710. The Morgan fingerprint density at radius 3 is 2.47 bits per heavy atom. The molecule has 0 fully saturated rings. The van der Waals surface area contributed by atoms with Crippen LogP contribution in [0.25, 0.3) is 0 Å². The van der Waals surface area contributed by atoms with Crippen LogP contribution in [-0.4, -0.2) is 34.5 Å². The van der Waals surface area contributed by atoms with Gasteiger partial charge in [0.05, 0.1) is 0 Å². The van der Waals surface area contributed by atoms with Gasteiger partial charge < -0.3 is 10.4 Å². The molecule has 0 bridgehead atoms. The van der Waals surface area contributed by atoms with E-state index in [4.69, 9.17) is 5.11 Å². The van der Waals surface area contributed by atoms with Gasteiger partial charge in [-0.3, -0.25) is 4.79 Å². The monoisotopic (exact) mass is 233 g/mol. The maximum absolute atomic E-state index is 11.4. The number of carbonyl (C=O) groups is 2. The topological polar surface area (TPSA) is 66.4 Å². The summed E-state index contributed by atoms with van der Waals surface area (Å²) in [6, 6.07) is 0. The van der Waals surface area contributed by atoms with Crippen molar-refractivity contribution in [1.29, 1.82) is 0 Å². The molecule has 5 heteroatoms. The van der Waals surface area contributed by atoms with Crippen LogP contribution in [-0.2, 0) is 9.59 Å². The highest BCUT2D eigenvalue weighted by Gasteiger charge is 2.33. The fourth-order valence-electron chi connectivity index (χ4n) is 1.29. The Morgan fingerprint density at radius 2 is 2.07 bits per heavy atom. The SMILES string of the molecule is CCCC(C)(NC(=O)CCSC)C(=O)O. The largest absolute Gasteiger partial charge is 0.480 e. The molecule has 0 aromatic heterocycles. The maximum Gasteiger partial charge on any atom is 0.329 e. The third kappa shape index (κ3) is 5.06. The van der Waals surface area contributed by atoms with E-state index in [1.54, 1.807) is 18.7 Å². The zero-order valence-corrected chi connectivity index (χ0v) is 10.3. The van der Waals surface area contributed by atoms with E-state index >= 15 is 0 Å². The molecule has 0 aliphatic rings. The number of nitrogens with one attached hydrogen (secondary N) is 1. The second-order valence-corrected chi connectivity index (χ2v) is 4.66. The van der Waals surface area contributed by atoms with Crippen LogP contribution < -0.4 is 5.32 Å². The van der Waals surface area contributed by atoms with E-state index in [9.17, 15) is 9.59 Å². The van der Waals surface area contributed by atoms with E-state index in [1.165, 1.54) is 0 Å². The number of amides is 1. The van der Waals surface area contributed by atoms with Gasteiger partial charge in [-0.25, -0.2) is 4.79 Å². The van der Waals surface area contributed by atoms with Crippen molar-refractivity contribution in [1.82, 2.24) is 5.32 Å². The average Bonchev–Trinajstić information content (AvgIpc) is 2.14. The first kappa shape index (κ1) is 14.3. The smallest absolute Gasteiger partial charge is 0.329 e. The van der Waals surface area contributed by atoms with E-state index < -0.39 is 11.5 Å². The Morgan fingerprint density at radius 1 is 1.47 bits per heavy atom. The third-order valence-electron chi connectivity index (χ3n) is 2.17. The zero-order chi connectivity index (χ0) is 11.9. The number of rotatable bonds is 7. The molecule has 0 saturated carbocycles.